The second-order valence-electron chi connectivity index (χ2n) is 7.10. The van der Waals surface area contributed by atoms with Crippen LogP contribution in [-0.4, -0.2) is 25.3 Å². The minimum absolute atomic E-state index is 0.405. The Bertz CT molecular complexity index is 289. The number of fused-ring (bicyclic) bond motifs is 2. The molecule has 0 spiro atoms. The summed E-state index contributed by atoms with van der Waals surface area (Å²) in [7, 11) is 0. The van der Waals surface area contributed by atoms with E-state index in [0.29, 0.717) is 23.0 Å². The molecule has 0 aromatic heterocycles. The normalized spacial score (nSPS) is 39.2. The van der Waals surface area contributed by atoms with E-state index < -0.39 is 0 Å². The molecule has 4 atom stereocenters. The zero-order chi connectivity index (χ0) is 13.4. The highest BCUT2D eigenvalue weighted by Crippen LogP contribution is 2.66. The molecule has 18 heavy (non-hydrogen) atoms. The lowest BCUT2D eigenvalue weighted by molar-refractivity contribution is -0.0535. The SMILES string of the molecule is CCNC(CC)COC1CC2CCC1(C)C2(C)C. The molecule has 0 aliphatic heterocycles. The van der Waals surface area contributed by atoms with Gasteiger partial charge < -0.3 is 10.1 Å². The molecule has 0 aromatic rings. The molecule has 0 aromatic carbocycles. The van der Waals surface area contributed by atoms with Gasteiger partial charge in [0.1, 0.15) is 0 Å². The average molecular weight is 253 g/mol. The van der Waals surface area contributed by atoms with Gasteiger partial charge in [0.05, 0.1) is 12.7 Å². The highest BCUT2D eigenvalue weighted by Gasteiger charge is 2.61. The summed E-state index contributed by atoms with van der Waals surface area (Å²) < 4.78 is 6.32. The molecule has 0 radical (unpaired) electrons. The number of hydrogen-bond donors (Lipinski definition) is 1. The van der Waals surface area contributed by atoms with Crippen molar-refractivity contribution in [3.63, 3.8) is 0 Å². The molecule has 2 nitrogen and oxygen atoms in total. The summed E-state index contributed by atoms with van der Waals surface area (Å²) in [6, 6.07) is 0.529. The van der Waals surface area contributed by atoms with Crippen LogP contribution < -0.4 is 5.32 Å². The van der Waals surface area contributed by atoms with E-state index in [9.17, 15) is 0 Å². The molecule has 0 heterocycles. The Morgan fingerprint density at radius 2 is 2.00 bits per heavy atom. The van der Waals surface area contributed by atoms with Crippen molar-refractivity contribution in [3.8, 4) is 0 Å². The van der Waals surface area contributed by atoms with E-state index >= 15 is 0 Å². The van der Waals surface area contributed by atoms with Crippen molar-refractivity contribution in [1.29, 1.82) is 0 Å². The van der Waals surface area contributed by atoms with Crippen molar-refractivity contribution in [2.45, 2.75) is 72.4 Å². The molecular weight excluding hydrogens is 222 g/mol. The number of hydrogen-bond acceptors (Lipinski definition) is 2. The first-order valence-corrected chi connectivity index (χ1v) is 7.80. The van der Waals surface area contributed by atoms with Crippen LogP contribution in [0, 0.1) is 16.7 Å². The van der Waals surface area contributed by atoms with Gasteiger partial charge in [-0.2, -0.15) is 0 Å². The molecule has 2 bridgehead atoms. The van der Waals surface area contributed by atoms with Crippen LogP contribution in [0.4, 0.5) is 0 Å². The predicted octanol–water partition coefficient (Wildman–Crippen LogP) is 3.61. The summed E-state index contributed by atoms with van der Waals surface area (Å²) in [4.78, 5) is 0. The van der Waals surface area contributed by atoms with Crippen LogP contribution in [0.15, 0.2) is 0 Å². The fraction of sp³-hybridized carbons (Fsp3) is 1.00. The Labute approximate surface area is 113 Å². The number of ether oxygens (including phenoxy) is 1. The van der Waals surface area contributed by atoms with E-state index in [1.54, 1.807) is 0 Å². The Morgan fingerprint density at radius 3 is 2.44 bits per heavy atom. The Morgan fingerprint density at radius 1 is 1.28 bits per heavy atom. The van der Waals surface area contributed by atoms with Gasteiger partial charge in [0.2, 0.25) is 0 Å². The molecule has 0 amide bonds. The monoisotopic (exact) mass is 253 g/mol. The van der Waals surface area contributed by atoms with E-state index in [1.807, 2.05) is 0 Å². The maximum atomic E-state index is 6.32. The first-order valence-electron chi connectivity index (χ1n) is 7.80. The van der Waals surface area contributed by atoms with Crippen molar-refractivity contribution < 1.29 is 4.74 Å². The molecule has 2 aliphatic rings. The molecule has 2 fully saturated rings. The third-order valence-corrected chi connectivity index (χ3v) is 6.20. The summed E-state index contributed by atoms with van der Waals surface area (Å²) in [6.07, 6.45) is 5.69. The summed E-state index contributed by atoms with van der Waals surface area (Å²) in [5.41, 5.74) is 0.875. The minimum Gasteiger partial charge on any atom is -0.376 e. The van der Waals surface area contributed by atoms with E-state index in [1.165, 1.54) is 19.3 Å². The van der Waals surface area contributed by atoms with Gasteiger partial charge in [0.25, 0.3) is 0 Å². The van der Waals surface area contributed by atoms with Gasteiger partial charge in [-0.15, -0.1) is 0 Å². The molecule has 106 valence electrons. The maximum absolute atomic E-state index is 6.32. The lowest BCUT2D eigenvalue weighted by Gasteiger charge is -2.39. The summed E-state index contributed by atoms with van der Waals surface area (Å²) in [5.74, 6) is 0.881. The lowest BCUT2D eigenvalue weighted by Crippen LogP contribution is -2.40. The highest BCUT2D eigenvalue weighted by molar-refractivity contribution is 5.11. The van der Waals surface area contributed by atoms with E-state index in [-0.39, 0.29) is 0 Å². The fourth-order valence-corrected chi connectivity index (χ4v) is 4.22. The van der Waals surface area contributed by atoms with Gasteiger partial charge in [-0.25, -0.2) is 0 Å². The van der Waals surface area contributed by atoms with E-state index in [0.717, 1.165) is 25.5 Å². The molecule has 2 aliphatic carbocycles. The molecule has 2 saturated carbocycles. The molecular formula is C16H31NO. The molecule has 1 N–H and O–H groups in total. The Hall–Kier alpha value is -0.0800. The van der Waals surface area contributed by atoms with Crippen molar-refractivity contribution in [2.75, 3.05) is 13.2 Å². The van der Waals surface area contributed by atoms with Crippen LogP contribution in [0.5, 0.6) is 0 Å². The third-order valence-electron chi connectivity index (χ3n) is 6.20. The topological polar surface area (TPSA) is 21.3 Å². The molecule has 0 saturated heterocycles. The number of rotatable bonds is 6. The summed E-state index contributed by atoms with van der Waals surface area (Å²) >= 11 is 0. The van der Waals surface area contributed by atoms with Gasteiger partial charge in [0, 0.05) is 6.04 Å². The van der Waals surface area contributed by atoms with Crippen LogP contribution in [0.25, 0.3) is 0 Å². The van der Waals surface area contributed by atoms with Crippen molar-refractivity contribution in [3.05, 3.63) is 0 Å². The van der Waals surface area contributed by atoms with Gasteiger partial charge >= 0.3 is 0 Å². The van der Waals surface area contributed by atoms with Crippen LogP contribution in [0.1, 0.15) is 60.3 Å². The van der Waals surface area contributed by atoms with Crippen molar-refractivity contribution in [1.82, 2.24) is 5.32 Å². The minimum atomic E-state index is 0.405. The lowest BCUT2D eigenvalue weighted by atomic mass is 9.70. The first-order chi connectivity index (χ1) is 8.45. The van der Waals surface area contributed by atoms with Gasteiger partial charge in [0.15, 0.2) is 0 Å². The van der Waals surface area contributed by atoms with Crippen LogP contribution in [0.3, 0.4) is 0 Å². The average Bonchev–Trinajstić information content (AvgIpc) is 2.67. The van der Waals surface area contributed by atoms with Crippen molar-refractivity contribution >= 4 is 0 Å². The molecule has 2 heteroatoms. The second-order valence-corrected chi connectivity index (χ2v) is 7.10. The smallest absolute Gasteiger partial charge is 0.0637 e. The largest absolute Gasteiger partial charge is 0.376 e. The summed E-state index contributed by atoms with van der Waals surface area (Å²) in [5, 5.41) is 3.51. The Balaban J connectivity index is 1.92. The number of likely N-dealkylation sites (N-methyl/N-ethyl adjacent to an activating group) is 1. The zero-order valence-electron chi connectivity index (χ0n) is 12.9. The second kappa shape index (κ2) is 5.13. The van der Waals surface area contributed by atoms with Gasteiger partial charge in [-0.1, -0.05) is 34.6 Å². The highest BCUT2D eigenvalue weighted by atomic mass is 16.5. The Kier molecular flexibility index (Phi) is 4.08. The van der Waals surface area contributed by atoms with Crippen LogP contribution in [0.2, 0.25) is 0 Å². The maximum Gasteiger partial charge on any atom is 0.0637 e. The number of nitrogens with one attached hydrogen (secondary N) is 1. The molecule has 4 unspecified atom stereocenters. The van der Waals surface area contributed by atoms with E-state index in [4.69, 9.17) is 4.74 Å². The van der Waals surface area contributed by atoms with Crippen LogP contribution in [-0.2, 0) is 4.74 Å². The first kappa shape index (κ1) is 14.3. The molecule has 2 rings (SSSR count). The third kappa shape index (κ3) is 2.12. The van der Waals surface area contributed by atoms with Gasteiger partial charge in [-0.3, -0.25) is 0 Å². The van der Waals surface area contributed by atoms with Gasteiger partial charge in [-0.05, 0) is 49.0 Å². The zero-order valence-corrected chi connectivity index (χ0v) is 12.9. The fourth-order valence-electron chi connectivity index (χ4n) is 4.22. The quantitative estimate of drug-likeness (QED) is 0.781. The summed E-state index contributed by atoms with van der Waals surface area (Å²) in [6.45, 7) is 13.7. The van der Waals surface area contributed by atoms with E-state index in [2.05, 4.69) is 39.9 Å². The standard InChI is InChI=1S/C16H31NO/c1-6-13(17-7-2)11-18-14-10-12-8-9-16(14,5)15(12,3)4/h12-14,17H,6-11H2,1-5H3. The van der Waals surface area contributed by atoms with Crippen LogP contribution >= 0.6 is 0 Å². The van der Waals surface area contributed by atoms with Crippen molar-refractivity contribution in [2.24, 2.45) is 16.7 Å². The predicted molar refractivity (Wildman–Crippen MR) is 76.7 cm³/mol.